The lowest BCUT2D eigenvalue weighted by molar-refractivity contribution is 0.245. The number of nitrogens with zero attached hydrogens (tertiary/aromatic N) is 3. The summed E-state index contributed by atoms with van der Waals surface area (Å²) in [7, 11) is 0. The molecule has 0 amide bonds. The maximum atomic E-state index is 5.08. The van der Waals surface area contributed by atoms with Crippen molar-refractivity contribution in [2.45, 2.75) is 71.4 Å². The molecular weight excluding hydrogens is 270 g/mol. The zero-order chi connectivity index (χ0) is 15.5. The number of hydrogen-bond acceptors (Lipinski definition) is 3. The van der Waals surface area contributed by atoms with E-state index >= 15 is 0 Å². The van der Waals surface area contributed by atoms with Gasteiger partial charge in [0.15, 0.2) is 5.84 Å². The molecule has 120 valence electrons. The summed E-state index contributed by atoms with van der Waals surface area (Å²) in [6.45, 7) is 7.75. The summed E-state index contributed by atoms with van der Waals surface area (Å²) >= 11 is 0. The Bertz CT molecular complexity index is 529. The van der Waals surface area contributed by atoms with Crippen molar-refractivity contribution < 1.29 is 0 Å². The zero-order valence-corrected chi connectivity index (χ0v) is 14.3. The maximum absolute atomic E-state index is 5.08. The van der Waals surface area contributed by atoms with E-state index < -0.39 is 0 Å². The van der Waals surface area contributed by atoms with Crippen molar-refractivity contribution in [3.8, 4) is 0 Å². The Balaban J connectivity index is 1.85. The highest BCUT2D eigenvalue weighted by Crippen LogP contribution is 2.29. The second kappa shape index (κ2) is 6.80. The van der Waals surface area contributed by atoms with Crippen LogP contribution in [0.15, 0.2) is 23.2 Å². The van der Waals surface area contributed by atoms with Gasteiger partial charge in [0.2, 0.25) is 0 Å². The van der Waals surface area contributed by atoms with E-state index in [0.717, 1.165) is 23.8 Å². The first-order chi connectivity index (χ1) is 10.6. The van der Waals surface area contributed by atoms with Gasteiger partial charge in [-0.15, -0.1) is 0 Å². The quantitative estimate of drug-likeness (QED) is 0.833. The number of aliphatic imine (C=N–C) groups is 1. The van der Waals surface area contributed by atoms with Crippen LogP contribution in [-0.2, 0) is 0 Å². The van der Waals surface area contributed by atoms with Gasteiger partial charge < -0.3 is 4.90 Å². The molecular formula is C19H29N3. The fourth-order valence-corrected chi connectivity index (χ4v) is 3.87. The van der Waals surface area contributed by atoms with Crippen LogP contribution < -0.4 is 0 Å². The molecule has 1 aliphatic carbocycles. The third kappa shape index (κ3) is 3.50. The minimum absolute atomic E-state index is 0.444. The summed E-state index contributed by atoms with van der Waals surface area (Å²) in [5.74, 6) is 1.85. The van der Waals surface area contributed by atoms with E-state index in [1.807, 2.05) is 0 Å². The molecule has 0 saturated heterocycles. The fourth-order valence-electron chi connectivity index (χ4n) is 3.87. The molecule has 3 heteroatoms. The number of pyridine rings is 1. The minimum Gasteiger partial charge on any atom is -0.350 e. The predicted octanol–water partition coefficient (Wildman–Crippen LogP) is 4.20. The lowest BCUT2D eigenvalue weighted by Crippen LogP contribution is -2.41. The fraction of sp³-hybridized carbons (Fsp3) is 0.684. The Kier molecular flexibility index (Phi) is 4.80. The summed E-state index contributed by atoms with van der Waals surface area (Å²) in [6, 6.07) is 7.41. The molecule has 22 heavy (non-hydrogen) atoms. The SMILES string of the molecule is Cc1cccc(C2=N[C@@H](CC(C)C)CN2C2CCCCC2)n1. The molecule has 2 heterocycles. The molecule has 0 unspecified atom stereocenters. The number of amidine groups is 1. The molecule has 0 bridgehead atoms. The number of rotatable bonds is 4. The van der Waals surface area contributed by atoms with Crippen molar-refractivity contribution in [3.05, 3.63) is 29.6 Å². The van der Waals surface area contributed by atoms with Gasteiger partial charge in [0.25, 0.3) is 0 Å². The van der Waals surface area contributed by atoms with Crippen LogP contribution in [-0.4, -0.2) is 34.3 Å². The second-order valence-electron chi connectivity index (χ2n) is 7.34. The third-order valence-corrected chi connectivity index (χ3v) is 4.86. The van der Waals surface area contributed by atoms with Crippen molar-refractivity contribution in [2.24, 2.45) is 10.9 Å². The third-order valence-electron chi connectivity index (χ3n) is 4.86. The van der Waals surface area contributed by atoms with Crippen LogP contribution in [0.4, 0.5) is 0 Å². The van der Waals surface area contributed by atoms with Crippen molar-refractivity contribution in [2.75, 3.05) is 6.54 Å². The maximum Gasteiger partial charge on any atom is 0.150 e. The largest absolute Gasteiger partial charge is 0.350 e. The number of hydrogen-bond donors (Lipinski definition) is 0. The van der Waals surface area contributed by atoms with Crippen LogP contribution in [0.3, 0.4) is 0 Å². The summed E-state index contributed by atoms with van der Waals surface area (Å²) in [6.07, 6.45) is 7.95. The van der Waals surface area contributed by atoms with E-state index in [-0.39, 0.29) is 0 Å². The molecule has 0 N–H and O–H groups in total. The van der Waals surface area contributed by atoms with Crippen molar-refractivity contribution >= 4 is 5.84 Å². The minimum atomic E-state index is 0.444. The van der Waals surface area contributed by atoms with E-state index in [0.29, 0.717) is 18.0 Å². The van der Waals surface area contributed by atoms with E-state index in [1.165, 1.54) is 38.5 Å². The summed E-state index contributed by atoms with van der Waals surface area (Å²) in [5.41, 5.74) is 2.15. The molecule has 1 aliphatic heterocycles. The van der Waals surface area contributed by atoms with Crippen LogP contribution in [0, 0.1) is 12.8 Å². The lowest BCUT2D eigenvalue weighted by atomic mass is 9.93. The highest BCUT2D eigenvalue weighted by molar-refractivity contribution is 5.98. The van der Waals surface area contributed by atoms with E-state index in [4.69, 9.17) is 9.98 Å². The van der Waals surface area contributed by atoms with Gasteiger partial charge in [0.1, 0.15) is 5.69 Å². The molecule has 3 rings (SSSR count). The van der Waals surface area contributed by atoms with Crippen LogP contribution in [0.5, 0.6) is 0 Å². The predicted molar refractivity (Wildman–Crippen MR) is 92.3 cm³/mol. The standard InChI is InChI=1S/C19H29N3/c1-14(2)12-16-13-22(17-9-5-4-6-10-17)19(21-16)18-11-7-8-15(3)20-18/h7-8,11,14,16-17H,4-6,9-10,12-13H2,1-3H3/t16-/m0/s1. The first-order valence-electron chi connectivity index (χ1n) is 8.92. The summed E-state index contributed by atoms with van der Waals surface area (Å²) in [4.78, 5) is 12.4. The van der Waals surface area contributed by atoms with Gasteiger partial charge in [-0.1, -0.05) is 39.2 Å². The summed E-state index contributed by atoms with van der Waals surface area (Å²) in [5, 5.41) is 0. The molecule has 1 fully saturated rings. The molecule has 2 aliphatic rings. The molecule has 1 saturated carbocycles. The average molecular weight is 299 g/mol. The Morgan fingerprint density at radius 1 is 1.18 bits per heavy atom. The topological polar surface area (TPSA) is 28.5 Å². The zero-order valence-electron chi connectivity index (χ0n) is 14.3. The van der Waals surface area contributed by atoms with Gasteiger partial charge in [0, 0.05) is 18.3 Å². The Morgan fingerprint density at radius 3 is 2.64 bits per heavy atom. The van der Waals surface area contributed by atoms with Crippen molar-refractivity contribution in [1.29, 1.82) is 0 Å². The van der Waals surface area contributed by atoms with Gasteiger partial charge in [-0.2, -0.15) is 0 Å². The van der Waals surface area contributed by atoms with Gasteiger partial charge in [-0.05, 0) is 44.2 Å². The molecule has 0 radical (unpaired) electrons. The van der Waals surface area contributed by atoms with Gasteiger partial charge in [0.05, 0.1) is 6.04 Å². The lowest BCUT2D eigenvalue weighted by Gasteiger charge is -2.33. The Hall–Kier alpha value is -1.38. The smallest absolute Gasteiger partial charge is 0.150 e. The molecule has 0 aromatic carbocycles. The first kappa shape index (κ1) is 15.5. The van der Waals surface area contributed by atoms with E-state index in [2.05, 4.69) is 43.9 Å². The van der Waals surface area contributed by atoms with Crippen LogP contribution in [0.25, 0.3) is 0 Å². The van der Waals surface area contributed by atoms with E-state index in [9.17, 15) is 0 Å². The molecule has 1 atom stereocenters. The van der Waals surface area contributed by atoms with Crippen molar-refractivity contribution in [1.82, 2.24) is 9.88 Å². The first-order valence-corrected chi connectivity index (χ1v) is 8.92. The van der Waals surface area contributed by atoms with Crippen LogP contribution in [0.1, 0.15) is 63.8 Å². The average Bonchev–Trinajstić information content (AvgIpc) is 2.91. The molecule has 3 nitrogen and oxygen atoms in total. The number of aromatic nitrogens is 1. The Morgan fingerprint density at radius 2 is 1.95 bits per heavy atom. The van der Waals surface area contributed by atoms with Crippen LogP contribution >= 0.6 is 0 Å². The Labute approximate surface area is 134 Å². The van der Waals surface area contributed by atoms with Crippen molar-refractivity contribution in [3.63, 3.8) is 0 Å². The van der Waals surface area contributed by atoms with E-state index in [1.54, 1.807) is 0 Å². The summed E-state index contributed by atoms with van der Waals surface area (Å²) < 4.78 is 0. The second-order valence-corrected chi connectivity index (χ2v) is 7.34. The van der Waals surface area contributed by atoms with Crippen LogP contribution in [0.2, 0.25) is 0 Å². The highest BCUT2D eigenvalue weighted by atomic mass is 15.3. The molecule has 1 aromatic heterocycles. The highest BCUT2D eigenvalue weighted by Gasteiger charge is 2.32. The van der Waals surface area contributed by atoms with Gasteiger partial charge in [-0.3, -0.25) is 4.99 Å². The normalized spacial score (nSPS) is 23.2. The number of aryl methyl sites for hydroxylation is 1. The van der Waals surface area contributed by atoms with Gasteiger partial charge >= 0.3 is 0 Å². The van der Waals surface area contributed by atoms with Gasteiger partial charge in [-0.25, -0.2) is 4.98 Å². The monoisotopic (exact) mass is 299 g/mol. The molecule has 0 spiro atoms. The molecule has 1 aromatic rings.